The highest BCUT2D eigenvalue weighted by atomic mass is 32.2. The highest BCUT2D eigenvalue weighted by molar-refractivity contribution is 7.93. The summed E-state index contributed by atoms with van der Waals surface area (Å²) in [6, 6.07) is 7.94. The van der Waals surface area contributed by atoms with Crippen molar-refractivity contribution in [1.29, 1.82) is 0 Å². The molecule has 0 fully saturated rings. The SMILES string of the molecule is CCCc1ccc(OCCCCCCC(P(=O)(O)O)S(=O)(=O)O)cc1. The van der Waals surface area contributed by atoms with Gasteiger partial charge in [0.25, 0.3) is 10.1 Å². The molecule has 1 unspecified atom stereocenters. The van der Waals surface area contributed by atoms with Crippen LogP contribution in [0.25, 0.3) is 0 Å². The number of unbranched alkanes of at least 4 members (excludes halogenated alkanes) is 3. The Labute approximate surface area is 149 Å². The first-order valence-electron chi connectivity index (χ1n) is 8.38. The third kappa shape index (κ3) is 8.83. The van der Waals surface area contributed by atoms with Gasteiger partial charge >= 0.3 is 7.60 Å². The first-order chi connectivity index (χ1) is 11.6. The fourth-order valence-corrected chi connectivity index (χ4v) is 4.87. The topological polar surface area (TPSA) is 121 Å². The molecule has 0 amide bonds. The van der Waals surface area contributed by atoms with Crippen molar-refractivity contribution >= 4 is 17.7 Å². The average molecular weight is 394 g/mol. The van der Waals surface area contributed by atoms with Crippen molar-refractivity contribution in [3.63, 3.8) is 0 Å². The molecule has 0 spiro atoms. The molecule has 1 aromatic rings. The van der Waals surface area contributed by atoms with Crippen molar-refractivity contribution in [2.24, 2.45) is 0 Å². The molecule has 0 saturated carbocycles. The van der Waals surface area contributed by atoms with E-state index in [9.17, 15) is 13.0 Å². The van der Waals surface area contributed by atoms with Crippen molar-refractivity contribution in [2.75, 3.05) is 6.61 Å². The molecular weight excluding hydrogens is 367 g/mol. The summed E-state index contributed by atoms with van der Waals surface area (Å²) >= 11 is 0. The highest BCUT2D eigenvalue weighted by Crippen LogP contribution is 2.46. The first-order valence-corrected chi connectivity index (χ1v) is 11.6. The number of hydrogen-bond donors (Lipinski definition) is 3. The van der Waals surface area contributed by atoms with E-state index in [2.05, 4.69) is 6.92 Å². The van der Waals surface area contributed by atoms with Gasteiger partial charge in [-0.15, -0.1) is 0 Å². The van der Waals surface area contributed by atoms with Crippen LogP contribution >= 0.6 is 7.60 Å². The van der Waals surface area contributed by atoms with Gasteiger partial charge in [-0.1, -0.05) is 44.7 Å². The molecule has 0 aromatic heterocycles. The van der Waals surface area contributed by atoms with Gasteiger partial charge in [-0.05, 0) is 37.0 Å². The van der Waals surface area contributed by atoms with Crippen LogP contribution in [0.15, 0.2) is 24.3 Å². The largest absolute Gasteiger partial charge is 0.494 e. The normalized spacial score (nSPS) is 13.6. The molecule has 1 aromatic carbocycles. The van der Waals surface area contributed by atoms with E-state index in [4.69, 9.17) is 19.1 Å². The molecule has 1 atom stereocenters. The second-order valence-corrected chi connectivity index (χ2v) is 9.75. The summed E-state index contributed by atoms with van der Waals surface area (Å²) in [6.07, 6.45) is 4.28. The second kappa shape index (κ2) is 10.3. The minimum absolute atomic E-state index is 0.261. The Morgan fingerprint density at radius 2 is 1.68 bits per heavy atom. The first kappa shape index (κ1) is 22.1. The molecule has 3 N–H and O–H groups in total. The maximum absolute atomic E-state index is 11.1. The molecular formula is C16H27O7PS. The predicted octanol–water partition coefficient (Wildman–Crippen LogP) is 3.36. The molecule has 144 valence electrons. The Bertz CT molecular complexity index is 652. The van der Waals surface area contributed by atoms with Gasteiger partial charge in [-0.2, -0.15) is 8.42 Å². The lowest BCUT2D eigenvalue weighted by Gasteiger charge is -2.15. The zero-order chi connectivity index (χ0) is 18.9. The van der Waals surface area contributed by atoms with E-state index < -0.39 is 22.7 Å². The van der Waals surface area contributed by atoms with Crippen LogP contribution in [0.3, 0.4) is 0 Å². The second-order valence-electron chi connectivity index (χ2n) is 6.00. The molecule has 1 rings (SSSR count). The maximum atomic E-state index is 11.1. The Morgan fingerprint density at radius 1 is 1.08 bits per heavy atom. The molecule has 0 heterocycles. The maximum Gasteiger partial charge on any atom is 0.346 e. The van der Waals surface area contributed by atoms with E-state index in [0.29, 0.717) is 19.4 Å². The summed E-state index contributed by atoms with van der Waals surface area (Å²) in [6.45, 7) is 2.65. The molecule has 0 radical (unpaired) electrons. The van der Waals surface area contributed by atoms with E-state index in [1.807, 2.05) is 24.3 Å². The molecule has 25 heavy (non-hydrogen) atoms. The van der Waals surface area contributed by atoms with Crippen molar-refractivity contribution < 1.29 is 32.1 Å². The quantitative estimate of drug-likeness (QED) is 0.282. The Morgan fingerprint density at radius 3 is 2.20 bits per heavy atom. The van der Waals surface area contributed by atoms with Gasteiger partial charge < -0.3 is 14.5 Å². The Kier molecular flexibility index (Phi) is 9.10. The van der Waals surface area contributed by atoms with E-state index in [1.54, 1.807) is 0 Å². The van der Waals surface area contributed by atoms with Crippen LogP contribution < -0.4 is 4.74 Å². The third-order valence-corrected chi connectivity index (χ3v) is 7.35. The summed E-state index contributed by atoms with van der Waals surface area (Å²) in [5.74, 6) is 0.799. The lowest BCUT2D eigenvalue weighted by atomic mass is 10.1. The monoisotopic (exact) mass is 394 g/mol. The van der Waals surface area contributed by atoms with Crippen LogP contribution in [0.1, 0.15) is 51.0 Å². The van der Waals surface area contributed by atoms with Crippen LogP contribution in [0.4, 0.5) is 0 Å². The lowest BCUT2D eigenvalue weighted by Crippen LogP contribution is -2.20. The van der Waals surface area contributed by atoms with Crippen LogP contribution in [0.5, 0.6) is 5.75 Å². The lowest BCUT2D eigenvalue weighted by molar-refractivity contribution is 0.304. The van der Waals surface area contributed by atoms with E-state index in [0.717, 1.165) is 31.4 Å². The average Bonchev–Trinajstić information content (AvgIpc) is 2.49. The van der Waals surface area contributed by atoms with Gasteiger partial charge in [-0.25, -0.2) is 0 Å². The molecule has 9 heteroatoms. The smallest absolute Gasteiger partial charge is 0.346 e. The van der Waals surface area contributed by atoms with Gasteiger partial charge in [0.05, 0.1) is 6.61 Å². The third-order valence-electron chi connectivity index (χ3n) is 3.80. The molecule has 0 aliphatic heterocycles. The summed E-state index contributed by atoms with van der Waals surface area (Å²) in [4.78, 5) is 15.9. The van der Waals surface area contributed by atoms with Crippen LogP contribution in [-0.4, -0.2) is 34.4 Å². The van der Waals surface area contributed by atoms with Crippen molar-refractivity contribution in [3.8, 4) is 5.75 Å². The minimum atomic E-state index is -4.87. The van der Waals surface area contributed by atoms with Gasteiger partial charge in [0.1, 0.15) is 5.75 Å². The van der Waals surface area contributed by atoms with Gasteiger partial charge in [0, 0.05) is 0 Å². The number of aryl methyl sites for hydroxylation is 1. The number of ether oxygens (including phenoxy) is 1. The number of hydrogen-bond acceptors (Lipinski definition) is 4. The van der Waals surface area contributed by atoms with E-state index >= 15 is 0 Å². The van der Waals surface area contributed by atoms with Crippen molar-refractivity contribution in [1.82, 2.24) is 0 Å². The molecule has 0 aliphatic rings. The van der Waals surface area contributed by atoms with Crippen molar-refractivity contribution in [2.45, 2.75) is 56.9 Å². The van der Waals surface area contributed by atoms with Crippen LogP contribution in [0.2, 0.25) is 0 Å². The summed E-state index contributed by atoms with van der Waals surface area (Å²) in [5, 5.41) is 0. The zero-order valence-electron chi connectivity index (χ0n) is 14.4. The number of benzene rings is 1. The highest BCUT2D eigenvalue weighted by Gasteiger charge is 2.38. The van der Waals surface area contributed by atoms with Crippen LogP contribution in [-0.2, 0) is 21.1 Å². The standard InChI is InChI=1S/C16H27O7PS/c1-2-7-14-9-11-15(12-10-14)23-13-6-4-3-5-8-16(24(17,18)19)25(20,21)22/h9-12,16H,2-8,13H2,1H3,(H2,17,18,19)(H,20,21,22). The van der Waals surface area contributed by atoms with Gasteiger partial charge in [0.2, 0.25) is 0 Å². The van der Waals surface area contributed by atoms with Gasteiger partial charge in [-0.3, -0.25) is 9.12 Å². The molecule has 0 bridgehead atoms. The Balaban J connectivity index is 2.22. The molecule has 0 saturated heterocycles. The fraction of sp³-hybridized carbons (Fsp3) is 0.625. The van der Waals surface area contributed by atoms with E-state index in [1.165, 1.54) is 5.56 Å². The minimum Gasteiger partial charge on any atom is -0.494 e. The molecule has 0 aliphatic carbocycles. The summed E-state index contributed by atoms with van der Waals surface area (Å²) in [7, 11) is -9.62. The van der Waals surface area contributed by atoms with Gasteiger partial charge in [0.15, 0.2) is 4.99 Å². The predicted molar refractivity (Wildman–Crippen MR) is 96.4 cm³/mol. The fourth-order valence-electron chi connectivity index (χ4n) is 2.50. The Hall–Kier alpha value is -0.920. The van der Waals surface area contributed by atoms with Crippen molar-refractivity contribution in [3.05, 3.63) is 29.8 Å². The van der Waals surface area contributed by atoms with E-state index in [-0.39, 0.29) is 6.42 Å². The molecule has 7 nitrogen and oxygen atoms in total. The summed E-state index contributed by atoms with van der Waals surface area (Å²) < 4.78 is 47.6. The zero-order valence-corrected chi connectivity index (χ0v) is 16.1. The van der Waals surface area contributed by atoms with Crippen LogP contribution in [0, 0.1) is 0 Å². The number of rotatable bonds is 12. The summed E-state index contributed by atoms with van der Waals surface area (Å²) in [5.41, 5.74) is 1.27.